The molecule has 3 heterocycles. The maximum atomic E-state index is 14.0. The van der Waals surface area contributed by atoms with E-state index in [1.54, 1.807) is 4.90 Å². The highest BCUT2D eigenvalue weighted by Crippen LogP contribution is 2.42. The number of ether oxygens (including phenoxy) is 4. The van der Waals surface area contributed by atoms with E-state index in [2.05, 4.69) is 20.8 Å². The second-order valence-electron chi connectivity index (χ2n) is 12.3. The minimum absolute atomic E-state index is 0.0281. The molecule has 0 spiro atoms. The van der Waals surface area contributed by atoms with Gasteiger partial charge in [-0.3, -0.25) is 4.79 Å². The fourth-order valence-corrected chi connectivity index (χ4v) is 6.21. The molecule has 9 heteroatoms. The number of halogens is 1. The van der Waals surface area contributed by atoms with Gasteiger partial charge in [0.2, 0.25) is 5.91 Å². The predicted octanol–water partition coefficient (Wildman–Crippen LogP) is 5.89. The largest absolute Gasteiger partial charge is 0.368 e. The summed E-state index contributed by atoms with van der Waals surface area (Å²) >= 11 is 0. The summed E-state index contributed by atoms with van der Waals surface area (Å²) in [5.74, 6) is -0.751. The number of carbonyl (C=O) groups is 2. The van der Waals surface area contributed by atoms with Crippen LogP contribution < -0.4 is 4.90 Å². The summed E-state index contributed by atoms with van der Waals surface area (Å²) in [6.45, 7) is 11.0. The topological polar surface area (TPSA) is 77.5 Å². The van der Waals surface area contributed by atoms with Crippen molar-refractivity contribution in [1.29, 1.82) is 0 Å². The van der Waals surface area contributed by atoms with Gasteiger partial charge in [0.05, 0.1) is 24.8 Å². The van der Waals surface area contributed by atoms with Crippen LogP contribution in [0, 0.1) is 17.7 Å². The molecule has 2 aromatic carbocycles. The van der Waals surface area contributed by atoms with Crippen molar-refractivity contribution in [2.75, 3.05) is 11.4 Å². The minimum Gasteiger partial charge on any atom is -0.368 e. The summed E-state index contributed by atoms with van der Waals surface area (Å²) in [6.07, 6.45) is -0.592. The number of nitrogens with zero attached hydrogens (tertiary/aromatic N) is 2. The number of hydrogen-bond donors (Lipinski definition) is 0. The molecule has 222 valence electrons. The van der Waals surface area contributed by atoms with Gasteiger partial charge < -0.3 is 23.8 Å². The normalized spacial score (nSPS) is 28.4. The van der Waals surface area contributed by atoms with E-state index in [9.17, 15) is 14.0 Å². The van der Waals surface area contributed by atoms with Gasteiger partial charge in [0, 0.05) is 6.54 Å². The molecule has 5 rings (SSSR count). The lowest BCUT2D eigenvalue weighted by Crippen LogP contribution is -2.62. The van der Waals surface area contributed by atoms with E-state index >= 15 is 0 Å². The number of hydrogen-bond acceptors (Lipinski definition) is 6. The number of fused-ring (bicyclic) bond motifs is 1. The molecule has 3 saturated heterocycles. The van der Waals surface area contributed by atoms with E-state index in [4.69, 9.17) is 18.9 Å². The van der Waals surface area contributed by atoms with Crippen LogP contribution >= 0.6 is 0 Å². The molecule has 41 heavy (non-hydrogen) atoms. The van der Waals surface area contributed by atoms with Crippen LogP contribution in [0.4, 0.5) is 14.9 Å². The molecule has 3 aliphatic heterocycles. The van der Waals surface area contributed by atoms with Crippen LogP contribution in [-0.4, -0.2) is 59.8 Å². The summed E-state index contributed by atoms with van der Waals surface area (Å²) in [7, 11) is 0. The molecule has 0 aromatic heterocycles. The van der Waals surface area contributed by atoms with Crippen molar-refractivity contribution in [3.8, 4) is 0 Å². The fourth-order valence-electron chi connectivity index (χ4n) is 6.21. The Kier molecular flexibility index (Phi) is 8.80. The predicted molar refractivity (Wildman–Crippen MR) is 151 cm³/mol. The summed E-state index contributed by atoms with van der Waals surface area (Å²) in [6, 6.07) is 14.2. The maximum Gasteiger partial charge on any atom is 0.331 e. The Hall–Kier alpha value is -2.85. The molecule has 8 nitrogen and oxygen atoms in total. The van der Waals surface area contributed by atoms with Gasteiger partial charge in [0.15, 0.2) is 12.1 Å². The Balaban J connectivity index is 1.43. The molecule has 2 aromatic rings. The molecule has 0 aliphatic carbocycles. The average Bonchev–Trinajstić information content (AvgIpc) is 3.39. The van der Waals surface area contributed by atoms with Gasteiger partial charge >= 0.3 is 6.03 Å². The van der Waals surface area contributed by atoms with Crippen LogP contribution in [0.25, 0.3) is 0 Å². The minimum atomic E-state index is -0.849. The van der Waals surface area contributed by atoms with Crippen LogP contribution in [0.1, 0.15) is 59.4 Å². The number of benzene rings is 2. The second-order valence-corrected chi connectivity index (χ2v) is 12.3. The summed E-state index contributed by atoms with van der Waals surface area (Å²) in [4.78, 5) is 30.5. The van der Waals surface area contributed by atoms with Gasteiger partial charge in [-0.2, -0.15) is 0 Å². The third-order valence-corrected chi connectivity index (χ3v) is 7.98. The molecule has 2 unspecified atom stereocenters. The van der Waals surface area contributed by atoms with Crippen LogP contribution in [0.2, 0.25) is 0 Å². The first-order chi connectivity index (χ1) is 19.5. The van der Waals surface area contributed by atoms with Gasteiger partial charge in [-0.05, 0) is 68.4 Å². The van der Waals surface area contributed by atoms with Crippen molar-refractivity contribution >= 4 is 17.6 Å². The zero-order chi connectivity index (χ0) is 29.3. The highest BCUT2D eigenvalue weighted by Gasteiger charge is 2.59. The highest BCUT2D eigenvalue weighted by molar-refractivity contribution is 6.16. The van der Waals surface area contributed by atoms with Crippen molar-refractivity contribution in [3.05, 3.63) is 66.0 Å². The lowest BCUT2D eigenvalue weighted by Gasteiger charge is -2.44. The van der Waals surface area contributed by atoms with Crippen LogP contribution in [0.3, 0.4) is 0 Å². The van der Waals surface area contributed by atoms with Crippen molar-refractivity contribution in [2.24, 2.45) is 11.8 Å². The number of imide groups is 1. The Morgan fingerprint density at radius 2 is 1.71 bits per heavy atom. The second kappa shape index (κ2) is 12.2. The Bertz CT molecular complexity index is 1210. The van der Waals surface area contributed by atoms with Gasteiger partial charge in [-0.1, -0.05) is 51.1 Å². The van der Waals surface area contributed by atoms with Crippen molar-refractivity contribution in [3.63, 3.8) is 0 Å². The molecular formula is C32H41FN2O6. The van der Waals surface area contributed by atoms with Crippen molar-refractivity contribution in [1.82, 2.24) is 4.90 Å². The number of carbonyl (C=O) groups excluding carboxylic acids is 2. The molecule has 0 N–H and O–H groups in total. The summed E-state index contributed by atoms with van der Waals surface area (Å²) in [5, 5.41) is 0. The van der Waals surface area contributed by atoms with E-state index in [0.717, 1.165) is 23.3 Å². The van der Waals surface area contributed by atoms with Gasteiger partial charge in [-0.25, -0.2) is 14.1 Å². The third-order valence-electron chi connectivity index (χ3n) is 7.98. The maximum absolute atomic E-state index is 14.0. The zero-order valence-corrected chi connectivity index (χ0v) is 24.5. The van der Waals surface area contributed by atoms with Gasteiger partial charge in [-0.15, -0.1) is 0 Å². The van der Waals surface area contributed by atoms with Gasteiger partial charge in [0.1, 0.15) is 24.1 Å². The fraction of sp³-hybridized carbons (Fsp3) is 0.562. The molecule has 3 fully saturated rings. The first kappa shape index (κ1) is 29.6. The molecule has 0 radical (unpaired) electrons. The Morgan fingerprint density at radius 1 is 1.00 bits per heavy atom. The van der Waals surface area contributed by atoms with Crippen LogP contribution in [0.5, 0.6) is 0 Å². The molecule has 3 aliphatic rings. The van der Waals surface area contributed by atoms with E-state index in [1.807, 2.05) is 44.2 Å². The first-order valence-corrected chi connectivity index (χ1v) is 14.6. The summed E-state index contributed by atoms with van der Waals surface area (Å²) < 4.78 is 38.8. The Labute approximate surface area is 241 Å². The number of rotatable bonds is 10. The average molecular weight is 569 g/mol. The number of urea groups is 1. The van der Waals surface area contributed by atoms with Crippen LogP contribution in [-0.2, 0) is 30.3 Å². The SMILES string of the molecule is CC(C)CC(C)CCN1C(=O)N(c2ccc(F)cc2)C(=O)CC1[C@H]1O[C@@H]2OC(C)(C)O[C@@H]2[C@H]1OCc1ccccc1. The Morgan fingerprint density at radius 3 is 2.39 bits per heavy atom. The van der Waals surface area contributed by atoms with E-state index in [-0.39, 0.29) is 12.3 Å². The monoisotopic (exact) mass is 568 g/mol. The molecule has 0 saturated carbocycles. The smallest absolute Gasteiger partial charge is 0.331 e. The quantitative estimate of drug-likeness (QED) is 0.356. The summed E-state index contributed by atoms with van der Waals surface area (Å²) in [5.41, 5.74) is 1.33. The molecule has 0 bridgehead atoms. The lowest BCUT2D eigenvalue weighted by atomic mass is 9.93. The van der Waals surface area contributed by atoms with Crippen molar-refractivity contribution < 1.29 is 32.9 Å². The van der Waals surface area contributed by atoms with E-state index in [0.29, 0.717) is 30.7 Å². The third kappa shape index (κ3) is 6.64. The molecule has 6 atom stereocenters. The van der Waals surface area contributed by atoms with E-state index < -0.39 is 48.3 Å². The molecular weight excluding hydrogens is 527 g/mol. The van der Waals surface area contributed by atoms with Crippen molar-refractivity contribution in [2.45, 2.75) is 96.9 Å². The zero-order valence-electron chi connectivity index (χ0n) is 24.5. The lowest BCUT2D eigenvalue weighted by molar-refractivity contribution is -0.226. The van der Waals surface area contributed by atoms with E-state index in [1.165, 1.54) is 24.3 Å². The first-order valence-electron chi connectivity index (χ1n) is 14.6. The highest BCUT2D eigenvalue weighted by atomic mass is 19.1. The number of anilines is 1. The number of amides is 3. The van der Waals surface area contributed by atoms with Crippen LogP contribution in [0.15, 0.2) is 54.6 Å². The standard InChI is InChI=1S/C32H41FN2O6/c1-20(2)17-21(3)15-16-34-25(18-26(36)35(31(34)37)24-13-11-23(33)12-14-24)27-28(38-19-22-9-7-6-8-10-22)29-30(39-27)41-32(4,5)40-29/h6-14,20-21,25,27-30H,15-19H2,1-5H3/t21?,25?,27-,28+,29-,30-/m1/s1. The van der Waals surface area contributed by atoms with Gasteiger partial charge in [0.25, 0.3) is 0 Å². The molecule has 3 amide bonds.